The predicted molar refractivity (Wildman–Crippen MR) is 258 cm³/mol. The van der Waals surface area contributed by atoms with Gasteiger partial charge in [0.05, 0.1) is 13.2 Å². The smallest absolute Gasteiger partial charge is 0.457 e. The summed E-state index contributed by atoms with van der Waals surface area (Å²) in [6, 6.07) is 0. The van der Waals surface area contributed by atoms with Gasteiger partial charge in [0, 0.05) is 13.0 Å². The molecule has 6 atom stereocenters. The molecule has 0 aromatic heterocycles. The van der Waals surface area contributed by atoms with E-state index in [4.69, 9.17) is 18.5 Å². The van der Waals surface area contributed by atoms with Gasteiger partial charge in [-0.25, -0.2) is 4.57 Å². The van der Waals surface area contributed by atoms with Crippen LogP contribution < -0.4 is 0 Å². The molecule has 0 saturated heterocycles. The van der Waals surface area contributed by atoms with Crippen LogP contribution in [0.4, 0.5) is 0 Å². The Morgan fingerprint density at radius 1 is 0.500 bits per heavy atom. The summed E-state index contributed by atoms with van der Waals surface area (Å²) in [6.45, 7) is 4.24. The average Bonchev–Trinajstić information content (AvgIpc) is 3.28. The number of hydrogen-bond acceptors (Lipinski definition) is 11. The fraction of sp³-hybridized carbons (Fsp3) is 0.902. The Morgan fingerprint density at radius 3 is 1.36 bits per heavy atom. The molecular formula is C51H97O12P. The van der Waals surface area contributed by atoms with Gasteiger partial charge in [0.2, 0.25) is 0 Å². The van der Waals surface area contributed by atoms with Crippen molar-refractivity contribution in [3.05, 3.63) is 24.3 Å². The first-order valence-corrected chi connectivity index (χ1v) is 27.7. The lowest BCUT2D eigenvalue weighted by Gasteiger charge is -2.41. The number of carbonyl (C=O) groups is 1. The van der Waals surface area contributed by atoms with E-state index in [9.17, 15) is 39.8 Å². The number of phosphoric acid groups is 1. The van der Waals surface area contributed by atoms with Crippen LogP contribution in [0.2, 0.25) is 0 Å². The van der Waals surface area contributed by atoms with Crippen molar-refractivity contribution in [1.29, 1.82) is 0 Å². The Labute approximate surface area is 390 Å². The second-order valence-corrected chi connectivity index (χ2v) is 19.8. The quantitative estimate of drug-likeness (QED) is 0.0147. The molecule has 0 amide bonds. The Hall–Kier alpha value is -1.18. The van der Waals surface area contributed by atoms with E-state index < -0.39 is 63.1 Å². The first-order chi connectivity index (χ1) is 31.0. The minimum absolute atomic E-state index is 0.0798. The van der Waals surface area contributed by atoms with Gasteiger partial charge in [-0.3, -0.25) is 13.8 Å². The number of rotatable bonds is 45. The number of unbranched alkanes of at least 4 members (excludes halogenated alkanes) is 29. The van der Waals surface area contributed by atoms with E-state index in [-0.39, 0.29) is 13.0 Å². The van der Waals surface area contributed by atoms with Gasteiger partial charge in [-0.15, -0.1) is 0 Å². The van der Waals surface area contributed by atoms with Crippen molar-refractivity contribution in [3.8, 4) is 0 Å². The van der Waals surface area contributed by atoms with Crippen LogP contribution in [0.15, 0.2) is 24.3 Å². The monoisotopic (exact) mass is 933 g/mol. The topological polar surface area (TPSA) is 192 Å². The van der Waals surface area contributed by atoms with Crippen molar-refractivity contribution in [2.45, 2.75) is 275 Å². The number of allylic oxidation sites excluding steroid dienone is 4. The lowest BCUT2D eigenvalue weighted by atomic mass is 9.85. The molecule has 6 N–H and O–H groups in total. The Bertz CT molecular complexity index is 1150. The van der Waals surface area contributed by atoms with Crippen molar-refractivity contribution in [2.75, 3.05) is 19.8 Å². The van der Waals surface area contributed by atoms with Crippen LogP contribution in [0, 0.1) is 0 Å². The van der Waals surface area contributed by atoms with Crippen LogP contribution in [-0.4, -0.2) is 98.9 Å². The summed E-state index contributed by atoms with van der Waals surface area (Å²) >= 11 is 0. The highest BCUT2D eigenvalue weighted by molar-refractivity contribution is 7.47. The molecule has 0 aliphatic heterocycles. The van der Waals surface area contributed by atoms with E-state index in [1.54, 1.807) is 0 Å². The number of ether oxygens (including phenoxy) is 2. The Balaban J connectivity index is 2.31. The number of aliphatic hydroxyl groups excluding tert-OH is 5. The number of aliphatic hydroxyl groups is 5. The highest BCUT2D eigenvalue weighted by Gasteiger charge is 2.51. The lowest BCUT2D eigenvalue weighted by molar-refractivity contribution is -0.220. The number of carbonyl (C=O) groups excluding carboxylic acids is 1. The molecule has 0 spiro atoms. The van der Waals surface area contributed by atoms with Crippen LogP contribution in [0.5, 0.6) is 0 Å². The molecule has 0 radical (unpaired) electrons. The number of esters is 1. The molecule has 0 aromatic rings. The molecule has 0 bridgehead atoms. The van der Waals surface area contributed by atoms with E-state index in [1.165, 1.54) is 141 Å². The summed E-state index contributed by atoms with van der Waals surface area (Å²) in [5, 5.41) is 50.3. The number of hydrogen-bond donors (Lipinski definition) is 6. The van der Waals surface area contributed by atoms with Crippen molar-refractivity contribution < 1.29 is 58.3 Å². The molecule has 1 fully saturated rings. The maximum atomic E-state index is 12.8. The molecule has 1 aliphatic carbocycles. The molecule has 1 rings (SSSR count). The summed E-state index contributed by atoms with van der Waals surface area (Å²) in [5.41, 5.74) is 0. The standard InChI is InChI=1S/C51H97O12P/c1-3-5-7-9-11-13-15-17-19-20-21-22-23-24-25-26-28-30-32-34-36-38-40-45(52)62-44(43-61-64(58,59)63-51-49(56)47(54)46(53)48(55)50(51)57)42-60-41-39-37-35-33-31-29-27-18-16-14-12-10-8-6-4-2/h10,12,16,18,44,46-51,53-57H,3-9,11,13-15,17,19-43H2,1-2H3,(H,58,59)/b12-10-,18-16-. The van der Waals surface area contributed by atoms with Gasteiger partial charge in [-0.1, -0.05) is 212 Å². The fourth-order valence-electron chi connectivity index (χ4n) is 8.14. The summed E-state index contributed by atoms with van der Waals surface area (Å²) in [4.78, 5) is 23.2. The summed E-state index contributed by atoms with van der Waals surface area (Å²) in [7, 11) is -5.02. The van der Waals surface area contributed by atoms with Gasteiger partial charge < -0.3 is 39.9 Å². The van der Waals surface area contributed by atoms with Gasteiger partial charge in [0.25, 0.3) is 0 Å². The van der Waals surface area contributed by atoms with Gasteiger partial charge in [-0.2, -0.15) is 0 Å². The van der Waals surface area contributed by atoms with E-state index in [0.717, 1.165) is 64.2 Å². The second kappa shape index (κ2) is 42.0. The first kappa shape index (κ1) is 60.8. The Morgan fingerprint density at radius 2 is 0.891 bits per heavy atom. The molecule has 13 heteroatoms. The summed E-state index contributed by atoms with van der Waals surface area (Å²) < 4.78 is 34.3. The molecule has 0 heterocycles. The maximum absolute atomic E-state index is 12.8. The SMILES string of the molecule is CCCC/C=C\C/C=C\CCCCCCCCOCC(COP(=O)(O)OC1C(O)C(O)C(O)C(O)C1O)OC(=O)CCCCCCCCCCCCCCCCCCCCCCCC. The Kier molecular flexibility index (Phi) is 39.9. The molecule has 0 aromatic carbocycles. The minimum atomic E-state index is -5.02. The van der Waals surface area contributed by atoms with Crippen LogP contribution in [0.1, 0.15) is 232 Å². The summed E-state index contributed by atoms with van der Waals surface area (Å²) in [6.07, 6.45) is 36.8. The van der Waals surface area contributed by atoms with Gasteiger partial charge in [-0.05, 0) is 38.5 Å². The third-order valence-electron chi connectivity index (χ3n) is 12.3. The molecule has 64 heavy (non-hydrogen) atoms. The van der Waals surface area contributed by atoms with Gasteiger partial charge in [0.1, 0.15) is 42.7 Å². The minimum Gasteiger partial charge on any atom is -0.457 e. The normalized spacial score (nSPS) is 21.8. The second-order valence-electron chi connectivity index (χ2n) is 18.4. The molecule has 6 unspecified atom stereocenters. The van der Waals surface area contributed by atoms with Gasteiger partial charge in [0.15, 0.2) is 0 Å². The average molecular weight is 933 g/mol. The van der Waals surface area contributed by atoms with Crippen molar-refractivity contribution in [3.63, 3.8) is 0 Å². The zero-order valence-corrected chi connectivity index (χ0v) is 41.5. The highest BCUT2D eigenvalue weighted by atomic mass is 31.2. The molecule has 1 aliphatic rings. The maximum Gasteiger partial charge on any atom is 0.472 e. The third kappa shape index (κ3) is 33.3. The fourth-order valence-corrected chi connectivity index (χ4v) is 9.11. The lowest BCUT2D eigenvalue weighted by Crippen LogP contribution is -2.64. The van der Waals surface area contributed by atoms with Crippen molar-refractivity contribution in [2.24, 2.45) is 0 Å². The van der Waals surface area contributed by atoms with Crippen LogP contribution in [-0.2, 0) is 27.9 Å². The van der Waals surface area contributed by atoms with Crippen molar-refractivity contribution >= 4 is 13.8 Å². The third-order valence-corrected chi connectivity index (χ3v) is 13.3. The largest absolute Gasteiger partial charge is 0.472 e. The van der Waals surface area contributed by atoms with Crippen molar-refractivity contribution in [1.82, 2.24) is 0 Å². The van der Waals surface area contributed by atoms with Gasteiger partial charge >= 0.3 is 13.8 Å². The molecule has 12 nitrogen and oxygen atoms in total. The zero-order chi connectivity index (χ0) is 46.9. The van der Waals surface area contributed by atoms with E-state index in [2.05, 4.69) is 38.2 Å². The van der Waals surface area contributed by atoms with E-state index >= 15 is 0 Å². The van der Waals surface area contributed by atoms with Crippen LogP contribution >= 0.6 is 7.82 Å². The van der Waals surface area contributed by atoms with E-state index in [0.29, 0.717) is 13.0 Å². The predicted octanol–water partition coefficient (Wildman–Crippen LogP) is 11.7. The zero-order valence-electron chi connectivity index (χ0n) is 40.6. The summed E-state index contributed by atoms with van der Waals surface area (Å²) in [5.74, 6) is -0.476. The van der Waals surface area contributed by atoms with E-state index in [1.807, 2.05) is 0 Å². The molecule has 378 valence electrons. The molecular weight excluding hydrogens is 836 g/mol. The first-order valence-electron chi connectivity index (χ1n) is 26.2. The van der Waals surface area contributed by atoms with Crippen LogP contribution in [0.3, 0.4) is 0 Å². The van der Waals surface area contributed by atoms with Crippen LogP contribution in [0.25, 0.3) is 0 Å². The highest BCUT2D eigenvalue weighted by Crippen LogP contribution is 2.47. The molecule has 1 saturated carbocycles. The number of phosphoric ester groups is 1.